The molecule has 8 heteroatoms. The third-order valence-electron chi connectivity index (χ3n) is 3.28. The Morgan fingerprint density at radius 2 is 1.84 bits per heavy atom. The zero-order valence-electron chi connectivity index (χ0n) is 12.7. The maximum absolute atomic E-state index is 12.3. The molecule has 0 spiro atoms. The number of aromatic nitrogens is 2. The Balaban J connectivity index is 1.71. The number of benzene rings is 2. The topological polar surface area (TPSA) is 57.8 Å². The summed E-state index contributed by atoms with van der Waals surface area (Å²) in [4.78, 5) is 12.3. The summed E-state index contributed by atoms with van der Waals surface area (Å²) in [6.45, 7) is 0. The lowest BCUT2D eigenvalue weighted by Gasteiger charge is -2.08. The number of halogens is 3. The molecule has 0 saturated heterocycles. The number of hydrogen-bond donors (Lipinski definition) is 2. The Morgan fingerprint density at radius 3 is 2.48 bits per heavy atom. The summed E-state index contributed by atoms with van der Waals surface area (Å²) in [5.74, 6) is -0.398. The van der Waals surface area contributed by atoms with E-state index in [0.717, 1.165) is 11.3 Å². The van der Waals surface area contributed by atoms with Crippen molar-refractivity contribution in [1.29, 1.82) is 0 Å². The first-order valence-electron chi connectivity index (χ1n) is 7.18. The van der Waals surface area contributed by atoms with E-state index in [4.69, 9.17) is 0 Å². The van der Waals surface area contributed by atoms with Gasteiger partial charge in [0.2, 0.25) is 0 Å². The van der Waals surface area contributed by atoms with Gasteiger partial charge in [-0.25, -0.2) is 0 Å². The van der Waals surface area contributed by atoms with E-state index in [1.165, 1.54) is 24.3 Å². The second kappa shape index (κ2) is 7.02. The Hall–Kier alpha value is -2.74. The zero-order chi connectivity index (χ0) is 17.9. The van der Waals surface area contributed by atoms with E-state index in [-0.39, 0.29) is 22.2 Å². The lowest BCUT2D eigenvalue weighted by molar-refractivity contribution is -0.0328. The van der Waals surface area contributed by atoms with Crippen molar-refractivity contribution in [3.8, 4) is 11.3 Å². The van der Waals surface area contributed by atoms with Crippen LogP contribution in [0, 0.1) is 0 Å². The highest BCUT2D eigenvalue weighted by atomic mass is 32.2. The molecule has 0 atom stereocenters. The van der Waals surface area contributed by atoms with Gasteiger partial charge in [-0.05, 0) is 54.2 Å². The minimum atomic E-state index is -4.35. The summed E-state index contributed by atoms with van der Waals surface area (Å²) >= 11 is -0.216. The van der Waals surface area contributed by atoms with Crippen molar-refractivity contribution in [2.75, 3.05) is 5.32 Å². The van der Waals surface area contributed by atoms with Crippen LogP contribution >= 0.6 is 11.8 Å². The molecule has 1 heterocycles. The van der Waals surface area contributed by atoms with Crippen LogP contribution in [0.4, 0.5) is 18.9 Å². The van der Waals surface area contributed by atoms with E-state index < -0.39 is 11.4 Å². The predicted molar refractivity (Wildman–Crippen MR) is 90.3 cm³/mol. The lowest BCUT2D eigenvalue weighted by atomic mass is 10.1. The average molecular weight is 363 g/mol. The van der Waals surface area contributed by atoms with Gasteiger partial charge >= 0.3 is 5.51 Å². The van der Waals surface area contributed by atoms with E-state index in [2.05, 4.69) is 15.5 Å². The van der Waals surface area contributed by atoms with Crippen molar-refractivity contribution in [2.24, 2.45) is 0 Å². The van der Waals surface area contributed by atoms with E-state index in [1.807, 2.05) is 6.07 Å². The van der Waals surface area contributed by atoms with Gasteiger partial charge in [-0.15, -0.1) is 0 Å². The van der Waals surface area contributed by atoms with Crippen LogP contribution < -0.4 is 5.32 Å². The fourth-order valence-corrected chi connectivity index (χ4v) is 2.73. The molecule has 1 aromatic heterocycles. The molecule has 0 bridgehead atoms. The summed E-state index contributed by atoms with van der Waals surface area (Å²) in [7, 11) is 0. The maximum Gasteiger partial charge on any atom is 0.446 e. The molecule has 0 fully saturated rings. The second-order valence-corrected chi connectivity index (χ2v) is 6.22. The highest BCUT2D eigenvalue weighted by Crippen LogP contribution is 2.36. The summed E-state index contributed by atoms with van der Waals surface area (Å²) in [5.41, 5.74) is -1.84. The van der Waals surface area contributed by atoms with E-state index in [1.54, 1.807) is 30.5 Å². The van der Waals surface area contributed by atoms with Crippen molar-refractivity contribution < 1.29 is 18.0 Å². The number of nitrogens with one attached hydrogen (secondary N) is 2. The predicted octanol–water partition coefficient (Wildman–Crippen LogP) is 4.94. The van der Waals surface area contributed by atoms with Crippen LogP contribution in [0.1, 0.15) is 10.4 Å². The summed E-state index contributed by atoms with van der Waals surface area (Å²) < 4.78 is 37.0. The standard InChI is InChI=1S/C17H12F3N3OS/c18-17(19,20)25-14-6-4-11(5-7-14)16(24)22-13-3-1-2-12(10-13)15-8-9-21-23-15/h1-10H,(H,21,23)(H,22,24). The fourth-order valence-electron chi connectivity index (χ4n) is 2.19. The van der Waals surface area contributed by atoms with E-state index >= 15 is 0 Å². The monoisotopic (exact) mass is 363 g/mol. The van der Waals surface area contributed by atoms with Crippen LogP contribution in [0.2, 0.25) is 0 Å². The Kier molecular flexibility index (Phi) is 4.80. The number of amides is 1. The van der Waals surface area contributed by atoms with E-state index in [0.29, 0.717) is 5.69 Å². The first kappa shape index (κ1) is 17.1. The van der Waals surface area contributed by atoms with Crippen LogP contribution in [-0.4, -0.2) is 21.6 Å². The van der Waals surface area contributed by atoms with Gasteiger partial charge in [-0.3, -0.25) is 9.89 Å². The number of carbonyl (C=O) groups excluding carboxylic acids is 1. The van der Waals surface area contributed by atoms with Gasteiger partial charge in [-0.2, -0.15) is 18.3 Å². The third kappa shape index (κ3) is 4.63. The Bertz CT molecular complexity index is 862. The van der Waals surface area contributed by atoms with Crippen molar-refractivity contribution in [3.05, 3.63) is 66.4 Å². The average Bonchev–Trinajstić information content (AvgIpc) is 3.09. The van der Waals surface area contributed by atoms with E-state index in [9.17, 15) is 18.0 Å². The molecule has 1 amide bonds. The molecule has 0 aliphatic heterocycles. The van der Waals surface area contributed by atoms with Crippen LogP contribution in [0.25, 0.3) is 11.3 Å². The molecular formula is C17H12F3N3OS. The van der Waals surface area contributed by atoms with Crippen LogP contribution in [-0.2, 0) is 0 Å². The van der Waals surface area contributed by atoms with Crippen LogP contribution in [0.15, 0.2) is 65.7 Å². The number of aromatic amines is 1. The number of thioether (sulfide) groups is 1. The highest BCUT2D eigenvalue weighted by molar-refractivity contribution is 8.00. The van der Waals surface area contributed by atoms with Gasteiger partial charge in [0.15, 0.2) is 0 Å². The van der Waals surface area contributed by atoms with Crippen molar-refractivity contribution in [3.63, 3.8) is 0 Å². The first-order chi connectivity index (χ1) is 11.9. The van der Waals surface area contributed by atoms with Crippen molar-refractivity contribution in [2.45, 2.75) is 10.4 Å². The Labute approximate surface area is 145 Å². The molecule has 0 unspecified atom stereocenters. The van der Waals surface area contributed by atoms with Gasteiger partial charge < -0.3 is 5.32 Å². The summed E-state index contributed by atoms with van der Waals surface area (Å²) in [6.07, 6.45) is 1.63. The van der Waals surface area contributed by atoms with Gasteiger partial charge in [0, 0.05) is 27.9 Å². The number of anilines is 1. The zero-order valence-corrected chi connectivity index (χ0v) is 13.5. The number of alkyl halides is 3. The van der Waals surface area contributed by atoms with Crippen molar-refractivity contribution >= 4 is 23.4 Å². The second-order valence-electron chi connectivity index (χ2n) is 5.08. The molecule has 0 aliphatic carbocycles. The van der Waals surface area contributed by atoms with Crippen molar-refractivity contribution in [1.82, 2.24) is 10.2 Å². The minimum Gasteiger partial charge on any atom is -0.322 e. The fraction of sp³-hybridized carbons (Fsp3) is 0.0588. The molecule has 2 aromatic carbocycles. The minimum absolute atomic E-state index is 0.0327. The van der Waals surface area contributed by atoms with Gasteiger partial charge in [0.25, 0.3) is 5.91 Å². The molecule has 0 saturated carbocycles. The smallest absolute Gasteiger partial charge is 0.322 e. The lowest BCUT2D eigenvalue weighted by Crippen LogP contribution is -2.11. The maximum atomic E-state index is 12.3. The number of rotatable bonds is 4. The molecule has 0 aliphatic rings. The quantitative estimate of drug-likeness (QED) is 0.646. The molecular weight excluding hydrogens is 351 g/mol. The van der Waals surface area contributed by atoms with Gasteiger partial charge in [-0.1, -0.05) is 12.1 Å². The van der Waals surface area contributed by atoms with Gasteiger partial charge in [0.05, 0.1) is 5.69 Å². The molecule has 2 N–H and O–H groups in total. The SMILES string of the molecule is O=C(Nc1cccc(-c2ccn[nH]2)c1)c1ccc(SC(F)(F)F)cc1. The highest BCUT2D eigenvalue weighted by Gasteiger charge is 2.29. The Morgan fingerprint density at radius 1 is 1.08 bits per heavy atom. The molecule has 3 aromatic rings. The largest absolute Gasteiger partial charge is 0.446 e. The molecule has 0 radical (unpaired) electrons. The molecule has 3 rings (SSSR count). The number of hydrogen-bond acceptors (Lipinski definition) is 3. The van der Waals surface area contributed by atoms with Crippen LogP contribution in [0.5, 0.6) is 0 Å². The summed E-state index contributed by atoms with van der Waals surface area (Å²) in [6, 6.07) is 14.2. The summed E-state index contributed by atoms with van der Waals surface area (Å²) in [5, 5.41) is 9.44. The number of carbonyl (C=O) groups is 1. The molecule has 4 nitrogen and oxygen atoms in total. The number of nitrogens with zero attached hydrogens (tertiary/aromatic N) is 1. The first-order valence-corrected chi connectivity index (χ1v) is 7.99. The number of H-pyrrole nitrogens is 1. The molecule has 128 valence electrons. The third-order valence-corrected chi connectivity index (χ3v) is 4.02. The normalized spacial score (nSPS) is 11.3. The van der Waals surface area contributed by atoms with Crippen LogP contribution in [0.3, 0.4) is 0 Å². The molecule has 25 heavy (non-hydrogen) atoms. The van der Waals surface area contributed by atoms with Gasteiger partial charge in [0.1, 0.15) is 0 Å².